The van der Waals surface area contributed by atoms with Crippen molar-refractivity contribution >= 4 is 29.9 Å². The lowest BCUT2D eigenvalue weighted by molar-refractivity contribution is -0.733. The molecule has 26 heavy (non-hydrogen) atoms. The molecular weight excluding hydrogens is 340 g/mol. The third-order valence-corrected chi connectivity index (χ3v) is 3.25. The summed E-state index contributed by atoms with van der Waals surface area (Å²) in [4.78, 5) is 26.2. The smallest absolute Gasteiger partial charge is 0.316 e. The van der Waals surface area contributed by atoms with Crippen molar-refractivity contribution in [1.82, 2.24) is 4.57 Å². The molecule has 0 spiro atoms. The molecule has 2 aromatic rings. The minimum atomic E-state index is -0.639. The maximum atomic E-state index is 11.3. The van der Waals surface area contributed by atoms with E-state index in [4.69, 9.17) is 10.4 Å². The van der Waals surface area contributed by atoms with Gasteiger partial charge in [-0.1, -0.05) is 5.16 Å². The van der Waals surface area contributed by atoms with Crippen LogP contribution in [0.15, 0.2) is 59.2 Å². The van der Waals surface area contributed by atoms with Crippen LogP contribution in [0.4, 0.5) is 5.69 Å². The van der Waals surface area contributed by atoms with Crippen molar-refractivity contribution in [3.8, 4) is 0 Å². The van der Waals surface area contributed by atoms with E-state index in [0.29, 0.717) is 24.1 Å². The van der Waals surface area contributed by atoms with Crippen LogP contribution >= 0.6 is 0 Å². The zero-order chi connectivity index (χ0) is 18.8. The number of carbonyl (C=O) groups excluding carboxylic acids is 2. The first-order valence-electron chi connectivity index (χ1n) is 7.56. The number of hydrogen-bond acceptors (Lipinski definition) is 5. The van der Waals surface area contributed by atoms with Crippen LogP contribution in [-0.4, -0.2) is 39.2 Å². The van der Waals surface area contributed by atoms with E-state index in [-0.39, 0.29) is 0 Å². The SMILES string of the molecule is O=C(C=NO)N=c1ccn(CC[n+]2ccc(NC(=O)C=[NH+]O)cc2)cc1. The van der Waals surface area contributed by atoms with Gasteiger partial charge < -0.3 is 15.1 Å². The van der Waals surface area contributed by atoms with Crippen molar-refractivity contribution in [2.45, 2.75) is 13.1 Å². The lowest BCUT2D eigenvalue weighted by Gasteiger charge is -2.04. The molecule has 10 nitrogen and oxygen atoms in total. The van der Waals surface area contributed by atoms with Crippen LogP contribution in [-0.2, 0) is 22.7 Å². The fourth-order valence-electron chi connectivity index (χ4n) is 2.04. The van der Waals surface area contributed by atoms with E-state index in [1.54, 1.807) is 41.8 Å². The van der Waals surface area contributed by atoms with Crippen molar-refractivity contribution in [2.24, 2.45) is 10.1 Å². The van der Waals surface area contributed by atoms with E-state index in [2.05, 4.69) is 15.5 Å². The van der Waals surface area contributed by atoms with E-state index in [1.807, 2.05) is 21.5 Å². The van der Waals surface area contributed by atoms with Gasteiger partial charge in [-0.25, -0.2) is 9.56 Å². The summed E-state index contributed by atoms with van der Waals surface area (Å²) in [5.74, 6) is -1.10. The quantitative estimate of drug-likeness (QED) is 0.203. The van der Waals surface area contributed by atoms with Crippen LogP contribution in [0.3, 0.4) is 0 Å². The first-order valence-corrected chi connectivity index (χ1v) is 7.56. The number of aryl methyl sites for hydroxylation is 2. The summed E-state index contributed by atoms with van der Waals surface area (Å²) in [6, 6.07) is 6.84. The molecule has 4 N–H and O–H groups in total. The summed E-state index contributed by atoms with van der Waals surface area (Å²) in [6.07, 6.45) is 8.84. The molecule has 2 heterocycles. The molecule has 0 aliphatic rings. The number of aromatic nitrogens is 2. The molecule has 0 aliphatic heterocycles. The first kappa shape index (κ1) is 18.5. The molecule has 0 radical (unpaired) electrons. The summed E-state index contributed by atoms with van der Waals surface area (Å²) in [5, 5.41) is 24.0. The highest BCUT2D eigenvalue weighted by Gasteiger charge is 2.05. The predicted molar refractivity (Wildman–Crippen MR) is 89.4 cm³/mol. The number of nitrogens with one attached hydrogen (secondary N) is 2. The molecule has 134 valence electrons. The Labute approximate surface area is 148 Å². The molecule has 0 bridgehead atoms. The highest BCUT2D eigenvalue weighted by atomic mass is 16.4. The van der Waals surface area contributed by atoms with Gasteiger partial charge in [0.1, 0.15) is 6.21 Å². The van der Waals surface area contributed by atoms with Gasteiger partial charge in [0, 0.05) is 24.5 Å². The number of pyridine rings is 2. The van der Waals surface area contributed by atoms with E-state index in [9.17, 15) is 9.59 Å². The summed E-state index contributed by atoms with van der Waals surface area (Å²) in [7, 11) is 0. The van der Waals surface area contributed by atoms with Gasteiger partial charge in [-0.05, 0) is 17.3 Å². The molecule has 0 saturated carbocycles. The van der Waals surface area contributed by atoms with Crippen molar-refractivity contribution in [3.05, 3.63) is 54.4 Å². The van der Waals surface area contributed by atoms with Crippen LogP contribution in [0.5, 0.6) is 0 Å². The molecule has 0 fully saturated rings. The van der Waals surface area contributed by atoms with Crippen LogP contribution in [0.1, 0.15) is 0 Å². The van der Waals surface area contributed by atoms with Gasteiger partial charge in [0.15, 0.2) is 18.9 Å². The Morgan fingerprint density at radius 2 is 1.92 bits per heavy atom. The highest BCUT2D eigenvalue weighted by molar-refractivity contribution is 6.29. The van der Waals surface area contributed by atoms with Gasteiger partial charge in [-0.2, -0.15) is 0 Å². The van der Waals surface area contributed by atoms with Gasteiger partial charge in [0.25, 0.3) is 12.1 Å². The Hall–Kier alpha value is -3.82. The maximum absolute atomic E-state index is 11.3. The van der Waals surface area contributed by atoms with Crippen molar-refractivity contribution in [3.63, 3.8) is 0 Å². The Bertz CT molecular complexity index is 866. The predicted octanol–water partition coefficient (Wildman–Crippen LogP) is -2.16. The average Bonchev–Trinajstić information content (AvgIpc) is 2.63. The van der Waals surface area contributed by atoms with Crippen LogP contribution < -0.4 is 20.4 Å². The third kappa shape index (κ3) is 6.00. The standard InChI is InChI=1S/C16H16N6O4/c23-15(11-17-25)19-13-1-5-21(6-2-13)9-10-22-7-3-14(4-8-22)20-16(24)12-18-26/h1-8,11-12H,9-10H2,(H2,23,24,25,26)/p+2. The zero-order valence-corrected chi connectivity index (χ0v) is 13.7. The fraction of sp³-hybridized carbons (Fsp3) is 0.125. The Morgan fingerprint density at radius 1 is 1.23 bits per heavy atom. The summed E-state index contributed by atoms with van der Waals surface area (Å²) < 4.78 is 3.87. The van der Waals surface area contributed by atoms with Crippen LogP contribution in [0.25, 0.3) is 0 Å². The Balaban J connectivity index is 1.92. The zero-order valence-electron chi connectivity index (χ0n) is 13.7. The lowest BCUT2D eigenvalue weighted by Crippen LogP contribution is -2.66. The first-order chi connectivity index (χ1) is 12.6. The summed E-state index contributed by atoms with van der Waals surface area (Å²) in [6.45, 7) is 1.38. The minimum Gasteiger partial charge on any atom is -0.411 e. The molecule has 2 aromatic heterocycles. The van der Waals surface area contributed by atoms with Crippen molar-refractivity contribution in [2.75, 3.05) is 5.32 Å². The van der Waals surface area contributed by atoms with Crippen molar-refractivity contribution in [1.29, 1.82) is 0 Å². The van der Waals surface area contributed by atoms with E-state index < -0.39 is 11.8 Å². The van der Waals surface area contributed by atoms with Gasteiger partial charge in [-0.3, -0.25) is 14.8 Å². The van der Waals surface area contributed by atoms with Gasteiger partial charge >= 0.3 is 5.91 Å². The topological polar surface area (TPSA) is 134 Å². The van der Waals surface area contributed by atoms with Gasteiger partial charge in [-0.15, -0.1) is 0 Å². The molecule has 0 atom stereocenters. The normalized spacial score (nSPS) is 10.9. The van der Waals surface area contributed by atoms with Crippen LogP contribution in [0, 0.1) is 0 Å². The fourth-order valence-corrected chi connectivity index (χ4v) is 2.04. The number of anilines is 1. The Kier molecular flexibility index (Phi) is 6.74. The largest absolute Gasteiger partial charge is 0.411 e. The molecule has 2 rings (SSSR count). The summed E-state index contributed by atoms with van der Waals surface area (Å²) >= 11 is 0. The second kappa shape index (κ2) is 9.47. The molecule has 2 amide bonds. The van der Waals surface area contributed by atoms with E-state index >= 15 is 0 Å². The van der Waals surface area contributed by atoms with Crippen molar-refractivity contribution < 1.29 is 29.7 Å². The molecule has 0 aliphatic carbocycles. The monoisotopic (exact) mass is 358 g/mol. The average molecular weight is 358 g/mol. The lowest BCUT2D eigenvalue weighted by atomic mass is 10.4. The molecule has 0 unspecified atom stereocenters. The maximum Gasteiger partial charge on any atom is 0.316 e. The number of oxime groups is 1. The molecule has 0 aromatic carbocycles. The second-order valence-electron chi connectivity index (χ2n) is 5.08. The van der Waals surface area contributed by atoms with Gasteiger partial charge in [0.2, 0.25) is 0 Å². The number of amides is 2. The van der Waals surface area contributed by atoms with E-state index in [0.717, 1.165) is 12.4 Å². The van der Waals surface area contributed by atoms with Crippen LogP contribution in [0.2, 0.25) is 0 Å². The van der Waals surface area contributed by atoms with Gasteiger partial charge in [0.05, 0.1) is 17.6 Å². The Morgan fingerprint density at radius 3 is 2.54 bits per heavy atom. The number of rotatable bonds is 6. The molecular formula is C16H18N6O4+2. The van der Waals surface area contributed by atoms with E-state index in [1.165, 1.54) is 0 Å². The molecule has 10 heteroatoms. The number of carbonyl (C=O) groups is 2. The highest BCUT2D eigenvalue weighted by Crippen LogP contribution is 2.01. The molecule has 0 saturated heterocycles. The number of nitrogens with zero attached hydrogens (tertiary/aromatic N) is 4. The number of hydrogen-bond donors (Lipinski definition) is 4. The minimum absolute atomic E-state index is 0.463. The second-order valence-corrected chi connectivity index (χ2v) is 5.08. The third-order valence-electron chi connectivity index (χ3n) is 3.25. The summed E-state index contributed by atoms with van der Waals surface area (Å²) in [5.41, 5.74) is 0.604.